The average Bonchev–Trinajstić information content (AvgIpc) is 3.50. The van der Waals surface area contributed by atoms with E-state index in [1.165, 1.54) is 12.1 Å². The number of anilines is 1. The van der Waals surface area contributed by atoms with Crippen molar-refractivity contribution in [2.45, 2.75) is 13.8 Å². The molecule has 0 fully saturated rings. The number of nitrogens with zero attached hydrogens (tertiary/aromatic N) is 1. The number of carbonyl (C=O) groups is 1. The van der Waals surface area contributed by atoms with Gasteiger partial charge in [-0.25, -0.2) is 4.98 Å². The number of phenolic OH excluding ortho intramolecular Hbond substituents is 1. The first-order chi connectivity index (χ1) is 17.7. The first kappa shape index (κ1) is 24.8. The van der Waals surface area contributed by atoms with Gasteiger partial charge < -0.3 is 19.3 Å². The van der Waals surface area contributed by atoms with E-state index in [9.17, 15) is 9.90 Å². The van der Waals surface area contributed by atoms with E-state index in [0.29, 0.717) is 43.7 Å². The van der Waals surface area contributed by atoms with Crippen molar-refractivity contribution in [3.63, 3.8) is 0 Å². The quantitative estimate of drug-likeness (QED) is 0.157. The fraction of sp³-hybridized carbons (Fsp3) is 0.0741. The zero-order chi connectivity index (χ0) is 26.3. The molecular formula is C27H19Cl2N3O4S. The fourth-order valence-electron chi connectivity index (χ4n) is 3.90. The van der Waals surface area contributed by atoms with E-state index in [4.69, 9.17) is 44.3 Å². The van der Waals surface area contributed by atoms with E-state index in [1.54, 1.807) is 36.4 Å². The maximum atomic E-state index is 12.7. The van der Waals surface area contributed by atoms with Gasteiger partial charge in [-0.05, 0) is 91.8 Å². The highest BCUT2D eigenvalue weighted by molar-refractivity contribution is 7.80. The molecule has 0 saturated heterocycles. The number of benzene rings is 3. The molecule has 5 rings (SSSR count). The Morgan fingerprint density at radius 3 is 2.59 bits per heavy atom. The van der Waals surface area contributed by atoms with E-state index in [-0.39, 0.29) is 22.5 Å². The normalized spacial score (nSPS) is 11.0. The monoisotopic (exact) mass is 551 g/mol. The summed E-state index contributed by atoms with van der Waals surface area (Å²) < 4.78 is 11.6. The highest BCUT2D eigenvalue weighted by Crippen LogP contribution is 2.35. The molecule has 0 bridgehead atoms. The summed E-state index contributed by atoms with van der Waals surface area (Å²) in [4.78, 5) is 17.2. The van der Waals surface area contributed by atoms with Crippen molar-refractivity contribution in [3.05, 3.63) is 87.6 Å². The molecule has 2 aromatic heterocycles. The number of hydrogen-bond donors (Lipinski definition) is 3. The molecule has 3 N–H and O–H groups in total. The van der Waals surface area contributed by atoms with Crippen molar-refractivity contribution in [2.24, 2.45) is 0 Å². The van der Waals surface area contributed by atoms with Crippen LogP contribution in [0, 0.1) is 13.8 Å². The van der Waals surface area contributed by atoms with Crippen molar-refractivity contribution >= 4 is 63.2 Å². The van der Waals surface area contributed by atoms with Crippen LogP contribution in [0.2, 0.25) is 10.0 Å². The number of nitrogens with one attached hydrogen (secondary N) is 2. The number of carbonyl (C=O) groups excluding carboxylic acids is 1. The van der Waals surface area contributed by atoms with E-state index in [0.717, 1.165) is 11.1 Å². The third kappa shape index (κ3) is 5.17. The average molecular weight is 552 g/mol. The summed E-state index contributed by atoms with van der Waals surface area (Å²) in [6.45, 7) is 3.92. The van der Waals surface area contributed by atoms with Gasteiger partial charge in [-0.15, -0.1) is 0 Å². The van der Waals surface area contributed by atoms with Gasteiger partial charge >= 0.3 is 0 Å². The van der Waals surface area contributed by atoms with E-state index in [2.05, 4.69) is 15.6 Å². The standard InChI is InChI=1S/C27H19Cl2N3O4S/c1-13-9-14(2)24-20(10-13)31-26(36-24)18-12-16(4-6-21(18)33)30-27(37)32-25(34)23-8-7-22(35-23)17-11-15(28)3-5-19(17)29/h3-12,33H,1-2H3,(H2,30,32,34,37). The zero-order valence-electron chi connectivity index (χ0n) is 19.6. The lowest BCUT2D eigenvalue weighted by molar-refractivity contribution is 0.0951. The van der Waals surface area contributed by atoms with Crippen LogP contribution in [0.5, 0.6) is 5.75 Å². The molecule has 0 unspecified atom stereocenters. The Kier molecular flexibility index (Phi) is 6.64. The number of halogens is 2. The number of rotatable bonds is 4. The van der Waals surface area contributed by atoms with E-state index < -0.39 is 5.91 Å². The van der Waals surface area contributed by atoms with Crippen molar-refractivity contribution in [1.29, 1.82) is 0 Å². The minimum Gasteiger partial charge on any atom is -0.507 e. The van der Waals surface area contributed by atoms with Crippen LogP contribution in [0.3, 0.4) is 0 Å². The number of furan rings is 1. The minimum atomic E-state index is -0.550. The molecule has 2 heterocycles. The number of amides is 1. The molecule has 37 heavy (non-hydrogen) atoms. The third-order valence-corrected chi connectivity index (χ3v) is 6.32. The van der Waals surface area contributed by atoms with Crippen molar-refractivity contribution in [3.8, 4) is 28.5 Å². The van der Waals surface area contributed by atoms with Crippen LogP contribution in [0.15, 0.2) is 69.5 Å². The number of aryl methyl sites for hydroxylation is 2. The number of hydrogen-bond acceptors (Lipinski definition) is 6. The summed E-state index contributed by atoms with van der Waals surface area (Å²) in [7, 11) is 0. The molecule has 0 atom stereocenters. The molecule has 10 heteroatoms. The minimum absolute atomic E-state index is 0.00998. The van der Waals surface area contributed by atoms with Crippen LogP contribution in [0.4, 0.5) is 5.69 Å². The van der Waals surface area contributed by atoms with Crippen LogP contribution >= 0.6 is 35.4 Å². The Morgan fingerprint density at radius 2 is 1.78 bits per heavy atom. The Bertz CT molecular complexity index is 1690. The molecule has 0 radical (unpaired) electrons. The summed E-state index contributed by atoms with van der Waals surface area (Å²) >= 11 is 17.6. The second-order valence-corrected chi connectivity index (χ2v) is 9.63. The highest BCUT2D eigenvalue weighted by atomic mass is 35.5. The maximum Gasteiger partial charge on any atom is 0.293 e. The first-order valence-electron chi connectivity index (χ1n) is 11.1. The molecular weight excluding hydrogens is 533 g/mol. The van der Waals surface area contributed by atoms with Crippen molar-refractivity contribution in [1.82, 2.24) is 10.3 Å². The number of aromatic hydroxyl groups is 1. The molecule has 3 aromatic carbocycles. The first-order valence-corrected chi connectivity index (χ1v) is 12.2. The van der Waals surface area contributed by atoms with Gasteiger partial charge in [0.05, 0.1) is 10.6 Å². The molecule has 7 nitrogen and oxygen atoms in total. The largest absolute Gasteiger partial charge is 0.507 e. The molecule has 0 aliphatic heterocycles. The molecule has 0 saturated carbocycles. The number of phenols is 1. The van der Waals surface area contributed by atoms with Crippen LogP contribution in [-0.4, -0.2) is 21.1 Å². The third-order valence-electron chi connectivity index (χ3n) is 5.56. The van der Waals surface area contributed by atoms with Gasteiger partial charge in [-0.1, -0.05) is 29.3 Å². The van der Waals surface area contributed by atoms with E-state index in [1.807, 2.05) is 26.0 Å². The summed E-state index contributed by atoms with van der Waals surface area (Å²) in [5, 5.41) is 16.9. The number of fused-ring (bicyclic) bond motifs is 1. The van der Waals surface area contributed by atoms with Crippen LogP contribution in [-0.2, 0) is 0 Å². The van der Waals surface area contributed by atoms with Crippen molar-refractivity contribution in [2.75, 3.05) is 5.32 Å². The molecule has 0 aliphatic carbocycles. The predicted molar refractivity (Wildman–Crippen MR) is 148 cm³/mol. The molecule has 0 spiro atoms. The zero-order valence-corrected chi connectivity index (χ0v) is 21.9. The number of aromatic nitrogens is 1. The van der Waals surface area contributed by atoms with Gasteiger partial charge in [0.15, 0.2) is 16.5 Å². The SMILES string of the molecule is Cc1cc(C)c2oc(-c3cc(NC(=S)NC(=O)c4ccc(-c5cc(Cl)ccc5Cl)o4)ccc3O)nc2c1. The summed E-state index contributed by atoms with van der Waals surface area (Å²) in [6, 6.07) is 16.8. The van der Waals surface area contributed by atoms with Gasteiger partial charge in [0.25, 0.3) is 5.91 Å². The number of oxazole rings is 1. The molecule has 0 aliphatic rings. The Hall–Kier alpha value is -3.85. The second kappa shape index (κ2) is 9.89. The Labute approximate surface area is 227 Å². The van der Waals surface area contributed by atoms with Gasteiger partial charge in [-0.2, -0.15) is 0 Å². The number of thiocarbonyl (C=S) groups is 1. The lowest BCUT2D eigenvalue weighted by Gasteiger charge is -2.10. The molecule has 186 valence electrons. The molecule has 1 amide bonds. The fourth-order valence-corrected chi connectivity index (χ4v) is 4.49. The maximum absolute atomic E-state index is 12.7. The summed E-state index contributed by atoms with van der Waals surface area (Å²) in [5.74, 6) is 0.139. The van der Waals surface area contributed by atoms with Crippen molar-refractivity contribution < 1.29 is 18.7 Å². The topological polar surface area (TPSA) is 101 Å². The Morgan fingerprint density at radius 1 is 0.973 bits per heavy atom. The van der Waals surface area contributed by atoms with Crippen LogP contribution < -0.4 is 10.6 Å². The second-order valence-electron chi connectivity index (χ2n) is 8.38. The lowest BCUT2D eigenvalue weighted by atomic mass is 10.1. The summed E-state index contributed by atoms with van der Waals surface area (Å²) in [5.41, 5.74) is 4.81. The lowest BCUT2D eigenvalue weighted by Crippen LogP contribution is -2.33. The van der Waals surface area contributed by atoms with Crippen LogP contribution in [0.25, 0.3) is 33.9 Å². The Balaban J connectivity index is 1.32. The van der Waals surface area contributed by atoms with Gasteiger partial charge in [0.2, 0.25) is 5.89 Å². The van der Waals surface area contributed by atoms with Crippen LogP contribution in [0.1, 0.15) is 21.7 Å². The van der Waals surface area contributed by atoms with Gasteiger partial charge in [-0.3, -0.25) is 10.1 Å². The summed E-state index contributed by atoms with van der Waals surface area (Å²) in [6.07, 6.45) is 0. The van der Waals surface area contributed by atoms with E-state index >= 15 is 0 Å². The highest BCUT2D eigenvalue weighted by Gasteiger charge is 2.18. The molecule has 5 aromatic rings. The smallest absolute Gasteiger partial charge is 0.293 e. The van der Waals surface area contributed by atoms with Gasteiger partial charge in [0, 0.05) is 16.3 Å². The van der Waals surface area contributed by atoms with Gasteiger partial charge in [0.1, 0.15) is 17.0 Å². The predicted octanol–water partition coefficient (Wildman–Crippen LogP) is 7.51.